The van der Waals surface area contributed by atoms with Gasteiger partial charge in [-0.2, -0.15) is 4.99 Å². The van der Waals surface area contributed by atoms with Crippen LogP contribution in [0.4, 0.5) is 10.5 Å². The Morgan fingerprint density at radius 1 is 1.03 bits per heavy atom. The molecule has 2 saturated heterocycles. The summed E-state index contributed by atoms with van der Waals surface area (Å²) in [5.41, 5.74) is 1.80. The highest BCUT2D eigenvalue weighted by atomic mass is 35.5. The highest BCUT2D eigenvalue weighted by molar-refractivity contribution is 6.31. The molecule has 3 aliphatic heterocycles. The van der Waals surface area contributed by atoms with Gasteiger partial charge in [0.05, 0.1) is 0 Å². The zero-order valence-electron chi connectivity index (χ0n) is 21.3. The number of anilines is 1. The second-order valence-electron chi connectivity index (χ2n) is 11.3. The SMILES string of the molecule is C[C@H]1C[C@]2(CCN1CC1CCC1)C(N1CCCC1Cc1ccccc1)=NC(=O)N2c1cccc(Cl)c1. The number of halogens is 1. The minimum absolute atomic E-state index is 0.141. The highest BCUT2D eigenvalue weighted by Gasteiger charge is 2.56. The van der Waals surface area contributed by atoms with Crippen LogP contribution in [0.3, 0.4) is 0 Å². The molecule has 4 aliphatic rings. The van der Waals surface area contributed by atoms with E-state index in [1.807, 2.05) is 29.2 Å². The van der Waals surface area contributed by atoms with E-state index in [-0.39, 0.29) is 6.03 Å². The molecule has 3 atom stereocenters. The molecule has 190 valence electrons. The van der Waals surface area contributed by atoms with Crippen molar-refractivity contribution in [3.63, 3.8) is 0 Å². The maximum Gasteiger partial charge on any atom is 0.350 e. The number of aliphatic imine (C=N–C) groups is 1. The van der Waals surface area contributed by atoms with Crippen molar-refractivity contribution in [2.45, 2.75) is 75.9 Å². The number of amidine groups is 1. The monoisotopic (exact) mass is 504 g/mol. The predicted molar refractivity (Wildman–Crippen MR) is 147 cm³/mol. The number of piperidine rings is 1. The standard InChI is InChI=1S/C30H37ClN4O/c1-22-20-30(15-17-33(22)21-24-10-5-11-24)28(32-29(36)35(30)27-13-6-12-25(31)19-27)34-16-7-14-26(34)18-23-8-3-2-4-9-23/h2-4,6,8-9,12-13,19,22,24,26H,5,7,10-11,14-18,20-21H2,1H3/t22-,26?,30+/m0/s1. The maximum absolute atomic E-state index is 13.7. The molecule has 0 N–H and O–H groups in total. The summed E-state index contributed by atoms with van der Waals surface area (Å²) in [4.78, 5) is 25.7. The van der Waals surface area contributed by atoms with Crippen molar-refractivity contribution in [3.05, 3.63) is 65.2 Å². The Morgan fingerprint density at radius 2 is 1.86 bits per heavy atom. The van der Waals surface area contributed by atoms with Crippen LogP contribution in [0.2, 0.25) is 5.02 Å². The molecule has 5 nitrogen and oxygen atoms in total. The van der Waals surface area contributed by atoms with Crippen molar-refractivity contribution >= 4 is 29.2 Å². The van der Waals surface area contributed by atoms with Crippen molar-refractivity contribution in [2.24, 2.45) is 10.9 Å². The number of amides is 2. The highest BCUT2D eigenvalue weighted by Crippen LogP contribution is 2.44. The van der Waals surface area contributed by atoms with Gasteiger partial charge < -0.3 is 9.80 Å². The van der Waals surface area contributed by atoms with Crippen LogP contribution in [-0.2, 0) is 6.42 Å². The molecule has 1 saturated carbocycles. The lowest BCUT2D eigenvalue weighted by Crippen LogP contribution is -2.64. The summed E-state index contributed by atoms with van der Waals surface area (Å²) in [6, 6.07) is 19.1. The summed E-state index contributed by atoms with van der Waals surface area (Å²) in [5, 5.41) is 0.655. The predicted octanol–water partition coefficient (Wildman–Crippen LogP) is 6.41. The van der Waals surface area contributed by atoms with E-state index >= 15 is 0 Å². The molecule has 1 aliphatic carbocycles. The first kappa shape index (κ1) is 24.0. The lowest BCUT2D eigenvalue weighted by atomic mass is 9.78. The van der Waals surface area contributed by atoms with E-state index in [1.165, 1.54) is 31.4 Å². The molecule has 0 radical (unpaired) electrons. The van der Waals surface area contributed by atoms with Crippen LogP contribution >= 0.6 is 11.6 Å². The maximum atomic E-state index is 13.7. The summed E-state index contributed by atoms with van der Waals surface area (Å²) in [6.07, 6.45) is 9.19. The summed E-state index contributed by atoms with van der Waals surface area (Å²) < 4.78 is 0. The molecule has 1 unspecified atom stereocenters. The van der Waals surface area contributed by atoms with Crippen molar-refractivity contribution in [3.8, 4) is 0 Å². The molecule has 2 amide bonds. The number of benzene rings is 2. The molecular formula is C30H37ClN4O. The van der Waals surface area contributed by atoms with Gasteiger partial charge in [0.15, 0.2) is 0 Å². The quantitative estimate of drug-likeness (QED) is 0.472. The van der Waals surface area contributed by atoms with Gasteiger partial charge >= 0.3 is 6.03 Å². The van der Waals surface area contributed by atoms with Gasteiger partial charge in [-0.15, -0.1) is 0 Å². The fourth-order valence-corrected chi connectivity index (χ4v) is 7.18. The Labute approximate surface area is 220 Å². The number of carbonyl (C=O) groups is 1. The van der Waals surface area contributed by atoms with Crippen molar-refractivity contribution < 1.29 is 4.79 Å². The van der Waals surface area contributed by atoms with E-state index in [0.717, 1.165) is 62.6 Å². The second kappa shape index (κ2) is 9.83. The van der Waals surface area contributed by atoms with Crippen LogP contribution in [0, 0.1) is 5.92 Å². The molecule has 2 aromatic rings. The minimum atomic E-state index is -0.420. The number of urea groups is 1. The number of likely N-dealkylation sites (tertiary alicyclic amines) is 2. The molecule has 0 bridgehead atoms. The van der Waals surface area contributed by atoms with Crippen molar-refractivity contribution in [2.75, 3.05) is 24.5 Å². The van der Waals surface area contributed by atoms with E-state index in [9.17, 15) is 4.79 Å². The Balaban J connectivity index is 1.33. The van der Waals surface area contributed by atoms with E-state index < -0.39 is 5.54 Å². The van der Waals surface area contributed by atoms with Crippen LogP contribution in [0.15, 0.2) is 59.6 Å². The van der Waals surface area contributed by atoms with E-state index in [1.54, 1.807) is 0 Å². The molecule has 2 aromatic carbocycles. The van der Waals surface area contributed by atoms with Gasteiger partial charge in [0.2, 0.25) is 0 Å². The summed E-state index contributed by atoms with van der Waals surface area (Å²) in [5.74, 6) is 1.85. The van der Waals surface area contributed by atoms with E-state index in [4.69, 9.17) is 16.6 Å². The van der Waals surface area contributed by atoms with Gasteiger partial charge in [-0.3, -0.25) is 4.90 Å². The first-order valence-corrected chi connectivity index (χ1v) is 14.1. The smallest absolute Gasteiger partial charge is 0.350 e. The average molecular weight is 505 g/mol. The van der Waals surface area contributed by atoms with E-state index in [2.05, 4.69) is 47.1 Å². The number of hydrogen-bond acceptors (Lipinski definition) is 3. The van der Waals surface area contributed by atoms with Crippen LogP contribution < -0.4 is 4.90 Å². The van der Waals surface area contributed by atoms with Gasteiger partial charge in [0, 0.05) is 42.4 Å². The van der Waals surface area contributed by atoms with Gasteiger partial charge in [-0.05, 0) is 81.5 Å². The summed E-state index contributed by atoms with van der Waals surface area (Å²) in [6.45, 7) is 5.50. The van der Waals surface area contributed by atoms with Gasteiger partial charge in [0.1, 0.15) is 11.4 Å². The van der Waals surface area contributed by atoms with Crippen LogP contribution in [0.25, 0.3) is 0 Å². The summed E-state index contributed by atoms with van der Waals surface area (Å²) >= 11 is 6.41. The van der Waals surface area contributed by atoms with Gasteiger partial charge in [0.25, 0.3) is 0 Å². The first-order valence-electron chi connectivity index (χ1n) is 13.8. The Morgan fingerprint density at radius 3 is 2.58 bits per heavy atom. The third kappa shape index (κ3) is 4.35. The number of rotatable bonds is 5. The Bertz CT molecular complexity index is 1130. The fourth-order valence-electron chi connectivity index (χ4n) is 7.00. The van der Waals surface area contributed by atoms with Crippen molar-refractivity contribution in [1.29, 1.82) is 0 Å². The lowest BCUT2D eigenvalue weighted by Gasteiger charge is -2.51. The third-order valence-corrected chi connectivity index (χ3v) is 9.29. The molecule has 1 spiro atoms. The average Bonchev–Trinajstić information content (AvgIpc) is 3.39. The fraction of sp³-hybridized carbons (Fsp3) is 0.533. The molecule has 6 heteroatoms. The normalized spacial score (nSPS) is 29.2. The zero-order valence-corrected chi connectivity index (χ0v) is 22.0. The molecule has 6 rings (SSSR count). The minimum Gasteiger partial charge on any atom is -0.355 e. The third-order valence-electron chi connectivity index (χ3n) is 9.05. The molecular weight excluding hydrogens is 468 g/mol. The van der Waals surface area contributed by atoms with Gasteiger partial charge in [-0.1, -0.05) is 54.4 Å². The first-order chi connectivity index (χ1) is 17.5. The number of nitrogens with zero attached hydrogens (tertiary/aromatic N) is 4. The lowest BCUT2D eigenvalue weighted by molar-refractivity contribution is 0.0875. The summed E-state index contributed by atoms with van der Waals surface area (Å²) in [7, 11) is 0. The molecule has 3 heterocycles. The molecule has 0 aromatic heterocycles. The van der Waals surface area contributed by atoms with Crippen molar-refractivity contribution in [1.82, 2.24) is 9.80 Å². The zero-order chi connectivity index (χ0) is 24.7. The van der Waals surface area contributed by atoms with E-state index in [0.29, 0.717) is 17.1 Å². The molecule has 3 fully saturated rings. The topological polar surface area (TPSA) is 39.1 Å². The van der Waals surface area contributed by atoms with Crippen LogP contribution in [-0.4, -0.2) is 58.9 Å². The Hall–Kier alpha value is -2.37. The van der Waals surface area contributed by atoms with Crippen LogP contribution in [0.1, 0.15) is 57.4 Å². The number of hydrogen-bond donors (Lipinski definition) is 0. The number of carbonyl (C=O) groups excluding carboxylic acids is 1. The largest absolute Gasteiger partial charge is 0.355 e. The molecule has 36 heavy (non-hydrogen) atoms. The second-order valence-corrected chi connectivity index (χ2v) is 11.8. The van der Waals surface area contributed by atoms with Gasteiger partial charge in [-0.25, -0.2) is 4.79 Å². The Kier molecular flexibility index (Phi) is 6.55. The van der Waals surface area contributed by atoms with Crippen LogP contribution in [0.5, 0.6) is 0 Å².